The lowest BCUT2D eigenvalue weighted by atomic mass is 10.3. The van der Waals surface area contributed by atoms with Gasteiger partial charge in [0.2, 0.25) is 5.95 Å². The molecule has 98 valence electrons. The van der Waals surface area contributed by atoms with Crippen LogP contribution in [-0.2, 0) is 9.53 Å². The smallest absolute Gasteiger partial charge is 0.305 e. The lowest BCUT2D eigenvalue weighted by Gasteiger charge is -2.07. The third-order valence-corrected chi connectivity index (χ3v) is 2.12. The molecule has 0 aliphatic rings. The Morgan fingerprint density at radius 1 is 1.61 bits per heavy atom. The van der Waals surface area contributed by atoms with E-state index >= 15 is 0 Å². The van der Waals surface area contributed by atoms with E-state index in [1.165, 1.54) is 6.20 Å². The molecule has 1 heterocycles. The lowest BCUT2D eigenvalue weighted by Crippen LogP contribution is -2.11. The highest BCUT2D eigenvalue weighted by Gasteiger charge is 2.05. The Balaban J connectivity index is 2.41. The van der Waals surface area contributed by atoms with Gasteiger partial charge >= 0.3 is 5.97 Å². The molecule has 0 fully saturated rings. The highest BCUT2D eigenvalue weighted by Crippen LogP contribution is 2.10. The van der Waals surface area contributed by atoms with Crippen LogP contribution in [0.3, 0.4) is 0 Å². The fourth-order valence-corrected chi connectivity index (χ4v) is 1.31. The van der Waals surface area contributed by atoms with E-state index in [1.54, 1.807) is 6.92 Å². The van der Waals surface area contributed by atoms with Crippen LogP contribution in [0.2, 0.25) is 0 Å². The van der Waals surface area contributed by atoms with Gasteiger partial charge in [-0.3, -0.25) is 9.59 Å². The fraction of sp³-hybridized carbons (Fsp3) is 0.455. The molecule has 0 aliphatic heterocycles. The van der Waals surface area contributed by atoms with Crippen molar-refractivity contribution >= 4 is 24.0 Å². The van der Waals surface area contributed by atoms with Crippen molar-refractivity contribution in [2.45, 2.75) is 19.8 Å². The molecular weight excluding hydrogens is 236 g/mol. The summed E-state index contributed by atoms with van der Waals surface area (Å²) in [6.45, 7) is 2.64. The average Bonchev–Trinajstić information content (AvgIpc) is 2.35. The first kappa shape index (κ1) is 13.9. The molecule has 1 aromatic rings. The van der Waals surface area contributed by atoms with Gasteiger partial charge in [0.25, 0.3) is 0 Å². The second-order valence-corrected chi connectivity index (χ2v) is 3.49. The third-order valence-electron chi connectivity index (χ3n) is 2.12. The van der Waals surface area contributed by atoms with Gasteiger partial charge in [-0.2, -0.15) is 4.98 Å². The van der Waals surface area contributed by atoms with Crippen LogP contribution in [0.1, 0.15) is 30.1 Å². The number of anilines is 2. The molecule has 7 nitrogen and oxygen atoms in total. The Kier molecular flexibility index (Phi) is 5.56. The molecule has 0 saturated heterocycles. The SMILES string of the molecule is CCOC(=O)CCCNc1nc(N)ncc1C=O. The van der Waals surface area contributed by atoms with E-state index in [9.17, 15) is 9.59 Å². The van der Waals surface area contributed by atoms with Gasteiger partial charge < -0.3 is 15.8 Å². The summed E-state index contributed by atoms with van der Waals surface area (Å²) in [5.74, 6) is 0.229. The van der Waals surface area contributed by atoms with Crippen molar-refractivity contribution in [1.29, 1.82) is 0 Å². The number of carbonyl (C=O) groups excluding carboxylic acids is 2. The standard InChI is InChI=1S/C11H16N4O3/c1-2-18-9(17)4-3-5-13-10-8(7-16)6-14-11(12)15-10/h6-7H,2-5H2,1H3,(H3,12,13,14,15). The molecule has 0 bridgehead atoms. The van der Waals surface area contributed by atoms with Crippen LogP contribution in [-0.4, -0.2) is 35.4 Å². The van der Waals surface area contributed by atoms with E-state index in [-0.39, 0.29) is 11.9 Å². The molecule has 0 spiro atoms. The molecule has 0 radical (unpaired) electrons. The topological polar surface area (TPSA) is 107 Å². The molecule has 3 N–H and O–H groups in total. The number of nitrogens with two attached hydrogens (primary N) is 1. The van der Waals surface area contributed by atoms with Crippen molar-refractivity contribution in [3.8, 4) is 0 Å². The minimum Gasteiger partial charge on any atom is -0.466 e. The van der Waals surface area contributed by atoms with Crippen molar-refractivity contribution in [3.05, 3.63) is 11.8 Å². The van der Waals surface area contributed by atoms with Gasteiger partial charge in [-0.05, 0) is 13.3 Å². The first-order valence-electron chi connectivity index (χ1n) is 5.64. The zero-order valence-corrected chi connectivity index (χ0v) is 10.2. The molecule has 0 aromatic carbocycles. The molecule has 7 heteroatoms. The van der Waals surface area contributed by atoms with Crippen molar-refractivity contribution in [2.24, 2.45) is 0 Å². The predicted octanol–water partition coefficient (Wildman–Crippen LogP) is 0.627. The Bertz CT molecular complexity index is 423. The van der Waals surface area contributed by atoms with Gasteiger partial charge in [0.1, 0.15) is 5.82 Å². The number of hydrogen-bond donors (Lipinski definition) is 2. The number of nitrogens with one attached hydrogen (secondary N) is 1. The predicted molar refractivity (Wildman–Crippen MR) is 66.2 cm³/mol. The number of carbonyl (C=O) groups is 2. The number of aldehydes is 1. The normalized spacial score (nSPS) is 9.83. The van der Waals surface area contributed by atoms with Crippen molar-refractivity contribution < 1.29 is 14.3 Å². The Hall–Kier alpha value is -2.18. The van der Waals surface area contributed by atoms with Gasteiger partial charge in [0, 0.05) is 19.2 Å². The van der Waals surface area contributed by atoms with Crippen LogP contribution in [0.5, 0.6) is 0 Å². The highest BCUT2D eigenvalue weighted by molar-refractivity contribution is 5.82. The second kappa shape index (κ2) is 7.21. The lowest BCUT2D eigenvalue weighted by molar-refractivity contribution is -0.143. The van der Waals surface area contributed by atoms with E-state index in [1.807, 2.05) is 0 Å². The molecule has 0 atom stereocenters. The number of esters is 1. The number of rotatable bonds is 7. The van der Waals surface area contributed by atoms with Crippen LogP contribution >= 0.6 is 0 Å². The summed E-state index contributed by atoms with van der Waals surface area (Å²) in [5.41, 5.74) is 5.76. The number of nitrogen functional groups attached to an aromatic ring is 1. The van der Waals surface area contributed by atoms with Crippen LogP contribution in [0, 0.1) is 0 Å². The first-order valence-corrected chi connectivity index (χ1v) is 5.64. The summed E-state index contributed by atoms with van der Waals surface area (Å²) in [4.78, 5) is 29.4. The molecule has 0 amide bonds. The first-order chi connectivity index (χ1) is 8.67. The number of ether oxygens (including phenoxy) is 1. The zero-order valence-electron chi connectivity index (χ0n) is 10.2. The number of hydrogen-bond acceptors (Lipinski definition) is 7. The molecule has 1 aromatic heterocycles. The minimum atomic E-state index is -0.239. The summed E-state index contributed by atoms with van der Waals surface area (Å²) in [7, 11) is 0. The van der Waals surface area contributed by atoms with Crippen LogP contribution in [0.4, 0.5) is 11.8 Å². The molecule has 0 saturated carbocycles. The summed E-state index contributed by atoms with van der Waals surface area (Å²) in [6, 6.07) is 0. The van der Waals surface area contributed by atoms with Crippen LogP contribution in [0.25, 0.3) is 0 Å². The molecule has 0 unspecified atom stereocenters. The summed E-state index contributed by atoms with van der Waals surface area (Å²) in [6.07, 6.45) is 2.90. The number of aromatic nitrogens is 2. The van der Waals surface area contributed by atoms with Gasteiger partial charge in [-0.1, -0.05) is 0 Å². The number of nitrogens with zero attached hydrogens (tertiary/aromatic N) is 2. The van der Waals surface area contributed by atoms with Crippen molar-refractivity contribution in [1.82, 2.24) is 9.97 Å². The summed E-state index contributed by atoms with van der Waals surface area (Å²) in [5, 5.41) is 2.93. The molecule has 1 rings (SSSR count). The molecular formula is C11H16N4O3. The van der Waals surface area contributed by atoms with Gasteiger partial charge in [-0.25, -0.2) is 4.98 Å². The maximum Gasteiger partial charge on any atom is 0.305 e. The van der Waals surface area contributed by atoms with Crippen LogP contribution < -0.4 is 11.1 Å². The maximum atomic E-state index is 11.1. The quantitative estimate of drug-likeness (QED) is 0.416. The maximum absolute atomic E-state index is 11.1. The monoisotopic (exact) mass is 252 g/mol. The van der Waals surface area contributed by atoms with Gasteiger partial charge in [0.05, 0.1) is 12.2 Å². The average molecular weight is 252 g/mol. The fourth-order valence-electron chi connectivity index (χ4n) is 1.31. The van der Waals surface area contributed by atoms with Crippen molar-refractivity contribution in [2.75, 3.05) is 24.2 Å². The molecule has 0 aliphatic carbocycles. The highest BCUT2D eigenvalue weighted by atomic mass is 16.5. The Labute approximate surface area is 105 Å². The van der Waals surface area contributed by atoms with E-state index in [2.05, 4.69) is 15.3 Å². The Morgan fingerprint density at radius 3 is 3.06 bits per heavy atom. The van der Waals surface area contributed by atoms with E-state index in [0.717, 1.165) is 0 Å². The Morgan fingerprint density at radius 2 is 2.39 bits per heavy atom. The van der Waals surface area contributed by atoms with E-state index < -0.39 is 0 Å². The van der Waals surface area contributed by atoms with Gasteiger partial charge in [0.15, 0.2) is 6.29 Å². The summed E-state index contributed by atoms with van der Waals surface area (Å²) >= 11 is 0. The summed E-state index contributed by atoms with van der Waals surface area (Å²) < 4.78 is 4.79. The molecule has 18 heavy (non-hydrogen) atoms. The zero-order chi connectivity index (χ0) is 13.4. The van der Waals surface area contributed by atoms with E-state index in [0.29, 0.717) is 43.7 Å². The van der Waals surface area contributed by atoms with Crippen molar-refractivity contribution in [3.63, 3.8) is 0 Å². The van der Waals surface area contributed by atoms with Crippen LogP contribution in [0.15, 0.2) is 6.20 Å². The van der Waals surface area contributed by atoms with E-state index in [4.69, 9.17) is 10.5 Å². The largest absolute Gasteiger partial charge is 0.466 e. The van der Waals surface area contributed by atoms with Gasteiger partial charge in [-0.15, -0.1) is 0 Å². The minimum absolute atomic E-state index is 0.0912. The second-order valence-electron chi connectivity index (χ2n) is 3.49. The third kappa shape index (κ3) is 4.36.